The minimum absolute atomic E-state index is 0.160. The summed E-state index contributed by atoms with van der Waals surface area (Å²) in [4.78, 5) is 29.5. The van der Waals surface area contributed by atoms with Gasteiger partial charge >= 0.3 is 0 Å². The first-order valence-corrected chi connectivity index (χ1v) is 8.67. The highest BCUT2D eigenvalue weighted by atomic mass is 32.1. The van der Waals surface area contributed by atoms with E-state index >= 15 is 0 Å². The fourth-order valence-corrected chi connectivity index (χ4v) is 3.56. The second kappa shape index (κ2) is 7.14. The van der Waals surface area contributed by atoms with Gasteiger partial charge in [0.2, 0.25) is 5.91 Å². The van der Waals surface area contributed by atoms with E-state index < -0.39 is 0 Å². The fraction of sp³-hybridized carbons (Fsp3) is 0.500. The largest absolute Gasteiger partial charge is 0.342 e. The number of carbonyl (C=O) groups excluding carboxylic acids is 1. The summed E-state index contributed by atoms with van der Waals surface area (Å²) >= 11 is 1.48. The standard InChI is InChI=1S/C16H21N5OS/c1-20(2)13-4-8-21(9-5-13)14(22)10-12-11-23-16(19-12)15-17-6-3-7-18-15/h3,6-7,11,13H,4-5,8-10H2,1-2H3. The molecule has 1 aliphatic rings. The molecule has 2 aromatic rings. The van der Waals surface area contributed by atoms with E-state index in [0.29, 0.717) is 18.3 Å². The third kappa shape index (κ3) is 3.92. The summed E-state index contributed by atoms with van der Waals surface area (Å²) in [6.45, 7) is 1.67. The van der Waals surface area contributed by atoms with Gasteiger partial charge in [-0.05, 0) is 33.0 Å². The molecule has 0 N–H and O–H groups in total. The third-order valence-electron chi connectivity index (χ3n) is 4.19. The second-order valence-electron chi connectivity index (χ2n) is 5.97. The fourth-order valence-electron chi connectivity index (χ4n) is 2.80. The van der Waals surface area contributed by atoms with Crippen molar-refractivity contribution in [1.29, 1.82) is 0 Å². The molecular formula is C16H21N5OS. The van der Waals surface area contributed by atoms with Gasteiger partial charge in [0.05, 0.1) is 12.1 Å². The van der Waals surface area contributed by atoms with Gasteiger partial charge in [-0.15, -0.1) is 11.3 Å². The summed E-state index contributed by atoms with van der Waals surface area (Å²) in [6, 6.07) is 2.36. The van der Waals surface area contributed by atoms with E-state index in [-0.39, 0.29) is 5.91 Å². The molecular weight excluding hydrogens is 310 g/mol. The molecule has 1 saturated heterocycles. The summed E-state index contributed by atoms with van der Waals surface area (Å²) in [5.41, 5.74) is 0.803. The van der Waals surface area contributed by atoms with E-state index in [4.69, 9.17) is 0 Å². The second-order valence-corrected chi connectivity index (χ2v) is 6.83. The highest BCUT2D eigenvalue weighted by Crippen LogP contribution is 2.21. The lowest BCUT2D eigenvalue weighted by atomic mass is 10.0. The molecule has 7 heteroatoms. The van der Waals surface area contributed by atoms with Crippen LogP contribution in [0.4, 0.5) is 0 Å². The van der Waals surface area contributed by atoms with Gasteiger partial charge in [0.25, 0.3) is 0 Å². The molecule has 23 heavy (non-hydrogen) atoms. The maximum Gasteiger partial charge on any atom is 0.228 e. The molecule has 2 aromatic heterocycles. The zero-order valence-corrected chi connectivity index (χ0v) is 14.3. The van der Waals surface area contributed by atoms with Crippen LogP contribution in [0.25, 0.3) is 10.8 Å². The van der Waals surface area contributed by atoms with E-state index in [2.05, 4.69) is 33.9 Å². The lowest BCUT2D eigenvalue weighted by Crippen LogP contribution is -2.45. The highest BCUT2D eigenvalue weighted by molar-refractivity contribution is 7.13. The number of amides is 1. The average Bonchev–Trinajstić information content (AvgIpc) is 3.04. The first kappa shape index (κ1) is 16.0. The molecule has 1 amide bonds. The van der Waals surface area contributed by atoms with Gasteiger partial charge in [-0.1, -0.05) is 0 Å². The van der Waals surface area contributed by atoms with Crippen molar-refractivity contribution in [2.45, 2.75) is 25.3 Å². The van der Waals surface area contributed by atoms with E-state index in [0.717, 1.165) is 36.6 Å². The molecule has 0 atom stereocenters. The Hall–Kier alpha value is -1.86. The van der Waals surface area contributed by atoms with Crippen LogP contribution in [0.1, 0.15) is 18.5 Å². The number of piperidine rings is 1. The van der Waals surface area contributed by atoms with Crippen LogP contribution in [0, 0.1) is 0 Å². The Morgan fingerprint density at radius 1 is 1.30 bits per heavy atom. The molecule has 3 rings (SSSR count). The Labute approximate surface area is 140 Å². The van der Waals surface area contributed by atoms with Crippen LogP contribution in [0.15, 0.2) is 23.8 Å². The van der Waals surface area contributed by atoms with Gasteiger partial charge in [0.15, 0.2) is 10.8 Å². The normalized spacial score (nSPS) is 16.0. The number of thiazole rings is 1. The molecule has 1 fully saturated rings. The summed E-state index contributed by atoms with van der Waals surface area (Å²) in [6.07, 6.45) is 5.83. The molecule has 122 valence electrons. The molecule has 0 radical (unpaired) electrons. The van der Waals surface area contributed by atoms with Gasteiger partial charge < -0.3 is 9.80 Å². The lowest BCUT2D eigenvalue weighted by Gasteiger charge is -2.35. The van der Waals surface area contributed by atoms with Crippen molar-refractivity contribution < 1.29 is 4.79 Å². The van der Waals surface area contributed by atoms with Crippen LogP contribution < -0.4 is 0 Å². The van der Waals surface area contributed by atoms with Crippen molar-refractivity contribution in [2.75, 3.05) is 27.2 Å². The van der Waals surface area contributed by atoms with Crippen molar-refractivity contribution in [3.8, 4) is 10.8 Å². The summed E-state index contributed by atoms with van der Waals surface area (Å²) in [5, 5.41) is 2.69. The molecule has 3 heterocycles. The summed E-state index contributed by atoms with van der Waals surface area (Å²) in [7, 11) is 4.20. The summed E-state index contributed by atoms with van der Waals surface area (Å²) in [5.74, 6) is 0.774. The Balaban J connectivity index is 1.58. The van der Waals surface area contributed by atoms with E-state index in [1.165, 1.54) is 11.3 Å². The Bertz CT molecular complexity index is 650. The molecule has 6 nitrogen and oxygen atoms in total. The van der Waals surface area contributed by atoms with Crippen molar-refractivity contribution in [3.05, 3.63) is 29.5 Å². The van der Waals surface area contributed by atoms with Crippen LogP contribution in [-0.2, 0) is 11.2 Å². The van der Waals surface area contributed by atoms with Crippen LogP contribution in [0.2, 0.25) is 0 Å². The SMILES string of the molecule is CN(C)C1CCN(C(=O)Cc2csc(-c3ncccn3)n2)CC1. The predicted octanol–water partition coefficient (Wildman–Crippen LogP) is 1.70. The molecule has 0 saturated carbocycles. The van der Waals surface area contributed by atoms with Crippen molar-refractivity contribution in [3.63, 3.8) is 0 Å². The third-order valence-corrected chi connectivity index (χ3v) is 5.08. The van der Waals surface area contributed by atoms with Gasteiger partial charge in [-0.2, -0.15) is 0 Å². The monoisotopic (exact) mass is 331 g/mol. The molecule has 0 bridgehead atoms. The molecule has 0 unspecified atom stereocenters. The minimum atomic E-state index is 0.160. The number of nitrogens with zero attached hydrogens (tertiary/aromatic N) is 5. The van der Waals surface area contributed by atoms with Crippen LogP contribution in [0.5, 0.6) is 0 Å². The lowest BCUT2D eigenvalue weighted by molar-refractivity contribution is -0.132. The molecule has 0 spiro atoms. The quantitative estimate of drug-likeness (QED) is 0.853. The van der Waals surface area contributed by atoms with E-state index in [1.54, 1.807) is 18.5 Å². The smallest absolute Gasteiger partial charge is 0.228 e. The van der Waals surface area contributed by atoms with E-state index in [1.807, 2.05) is 10.3 Å². The Kier molecular flexibility index (Phi) is 4.97. The zero-order chi connectivity index (χ0) is 16.2. The Morgan fingerprint density at radius 3 is 2.65 bits per heavy atom. The zero-order valence-electron chi connectivity index (χ0n) is 13.5. The maximum absolute atomic E-state index is 12.4. The topological polar surface area (TPSA) is 62.2 Å². The van der Waals surface area contributed by atoms with Gasteiger partial charge in [-0.3, -0.25) is 4.79 Å². The van der Waals surface area contributed by atoms with Crippen molar-refractivity contribution >= 4 is 17.2 Å². The van der Waals surface area contributed by atoms with Crippen LogP contribution in [-0.4, -0.2) is 63.9 Å². The van der Waals surface area contributed by atoms with Crippen molar-refractivity contribution in [2.24, 2.45) is 0 Å². The highest BCUT2D eigenvalue weighted by Gasteiger charge is 2.24. The van der Waals surface area contributed by atoms with Gasteiger partial charge in [0, 0.05) is 36.9 Å². The minimum Gasteiger partial charge on any atom is -0.342 e. The number of aromatic nitrogens is 3. The number of rotatable bonds is 4. The Morgan fingerprint density at radius 2 is 2.00 bits per heavy atom. The van der Waals surface area contributed by atoms with Crippen LogP contribution >= 0.6 is 11.3 Å². The average molecular weight is 331 g/mol. The summed E-state index contributed by atoms with van der Waals surface area (Å²) < 4.78 is 0. The number of likely N-dealkylation sites (tertiary alicyclic amines) is 1. The maximum atomic E-state index is 12.4. The number of hydrogen-bond donors (Lipinski definition) is 0. The number of carbonyl (C=O) groups is 1. The number of hydrogen-bond acceptors (Lipinski definition) is 6. The molecule has 0 aromatic carbocycles. The molecule has 1 aliphatic heterocycles. The predicted molar refractivity (Wildman–Crippen MR) is 90.1 cm³/mol. The molecule has 0 aliphatic carbocycles. The first-order chi connectivity index (χ1) is 11.1. The van der Waals surface area contributed by atoms with Crippen molar-refractivity contribution in [1.82, 2.24) is 24.8 Å². The first-order valence-electron chi connectivity index (χ1n) is 7.79. The van der Waals surface area contributed by atoms with E-state index in [9.17, 15) is 4.79 Å². The van der Waals surface area contributed by atoms with Crippen LogP contribution in [0.3, 0.4) is 0 Å². The van der Waals surface area contributed by atoms with Gasteiger partial charge in [-0.25, -0.2) is 15.0 Å². The van der Waals surface area contributed by atoms with Gasteiger partial charge in [0.1, 0.15) is 0 Å².